The van der Waals surface area contributed by atoms with Crippen molar-refractivity contribution in [1.29, 1.82) is 0 Å². The standard InChI is InChI=1S/C18H15BrN2O3S/c1-12-9-14(19)7-8-15(12)25-11-17(22)23-10-16-20-21-18(24-16)13-5-3-2-4-6-13/h2-9H,10-11H2,1H3. The van der Waals surface area contributed by atoms with Gasteiger partial charge < -0.3 is 9.15 Å². The number of nitrogens with zero attached hydrogens (tertiary/aromatic N) is 2. The Morgan fingerprint density at radius 2 is 2.00 bits per heavy atom. The average molecular weight is 419 g/mol. The third-order valence-corrected chi connectivity index (χ3v) is 4.97. The zero-order chi connectivity index (χ0) is 17.6. The van der Waals surface area contributed by atoms with Crippen molar-refractivity contribution in [3.8, 4) is 11.5 Å². The lowest BCUT2D eigenvalue weighted by atomic mass is 10.2. The van der Waals surface area contributed by atoms with Crippen LogP contribution in [0.4, 0.5) is 0 Å². The van der Waals surface area contributed by atoms with Crippen molar-refractivity contribution in [2.24, 2.45) is 0 Å². The van der Waals surface area contributed by atoms with Crippen molar-refractivity contribution >= 4 is 33.7 Å². The van der Waals surface area contributed by atoms with Gasteiger partial charge in [0.25, 0.3) is 5.89 Å². The van der Waals surface area contributed by atoms with Crippen LogP contribution in [0.15, 0.2) is 62.3 Å². The van der Waals surface area contributed by atoms with E-state index in [-0.39, 0.29) is 24.2 Å². The summed E-state index contributed by atoms with van der Waals surface area (Å²) in [6.07, 6.45) is 0. The third-order valence-electron chi connectivity index (χ3n) is 3.33. The Morgan fingerprint density at radius 3 is 2.76 bits per heavy atom. The molecule has 128 valence electrons. The maximum Gasteiger partial charge on any atom is 0.316 e. The molecule has 1 heterocycles. The second-order valence-corrected chi connectivity index (χ2v) is 7.16. The number of halogens is 1. The van der Waals surface area contributed by atoms with Gasteiger partial charge in [0.05, 0.1) is 5.75 Å². The first-order valence-electron chi connectivity index (χ1n) is 7.54. The smallest absolute Gasteiger partial charge is 0.316 e. The topological polar surface area (TPSA) is 65.2 Å². The van der Waals surface area contributed by atoms with Crippen molar-refractivity contribution in [2.75, 3.05) is 5.75 Å². The number of esters is 1. The van der Waals surface area contributed by atoms with Crippen molar-refractivity contribution in [2.45, 2.75) is 18.4 Å². The van der Waals surface area contributed by atoms with E-state index in [2.05, 4.69) is 26.1 Å². The number of rotatable bonds is 6. The van der Waals surface area contributed by atoms with Gasteiger partial charge in [-0.2, -0.15) is 0 Å². The van der Waals surface area contributed by atoms with Crippen LogP contribution in [0, 0.1) is 6.92 Å². The van der Waals surface area contributed by atoms with Crippen molar-refractivity contribution in [3.05, 3.63) is 64.5 Å². The summed E-state index contributed by atoms with van der Waals surface area (Å²) in [5.41, 5.74) is 1.94. The lowest BCUT2D eigenvalue weighted by molar-refractivity contribution is -0.142. The second-order valence-electron chi connectivity index (χ2n) is 5.23. The molecule has 0 bridgehead atoms. The molecule has 0 fully saturated rings. The number of carbonyl (C=O) groups is 1. The first-order valence-corrected chi connectivity index (χ1v) is 9.32. The van der Waals surface area contributed by atoms with E-state index in [1.807, 2.05) is 55.5 Å². The fourth-order valence-corrected chi connectivity index (χ4v) is 3.39. The molecule has 0 spiro atoms. The number of carbonyl (C=O) groups excluding carboxylic acids is 1. The van der Waals surface area contributed by atoms with Crippen LogP contribution in [0.5, 0.6) is 0 Å². The molecule has 25 heavy (non-hydrogen) atoms. The van der Waals surface area contributed by atoms with E-state index < -0.39 is 0 Å². The first-order chi connectivity index (χ1) is 12.1. The van der Waals surface area contributed by atoms with Crippen molar-refractivity contribution < 1.29 is 13.9 Å². The van der Waals surface area contributed by atoms with E-state index >= 15 is 0 Å². The highest BCUT2D eigenvalue weighted by molar-refractivity contribution is 9.10. The predicted molar refractivity (Wildman–Crippen MR) is 99.1 cm³/mol. The number of hydrogen-bond acceptors (Lipinski definition) is 6. The van der Waals surface area contributed by atoms with E-state index in [1.165, 1.54) is 11.8 Å². The summed E-state index contributed by atoms with van der Waals surface area (Å²) < 4.78 is 11.7. The van der Waals surface area contributed by atoms with Crippen LogP contribution < -0.4 is 0 Å². The lowest BCUT2D eigenvalue weighted by Gasteiger charge is -2.06. The quantitative estimate of drug-likeness (QED) is 0.428. The fourth-order valence-electron chi connectivity index (χ4n) is 2.10. The van der Waals surface area contributed by atoms with Crippen molar-refractivity contribution in [3.63, 3.8) is 0 Å². The molecule has 0 radical (unpaired) electrons. The van der Waals surface area contributed by atoms with Gasteiger partial charge in [0.1, 0.15) is 0 Å². The van der Waals surface area contributed by atoms with Crippen molar-refractivity contribution in [1.82, 2.24) is 10.2 Å². The fraction of sp³-hybridized carbons (Fsp3) is 0.167. The van der Waals surface area contributed by atoms with Gasteiger partial charge in [0.15, 0.2) is 6.61 Å². The molecule has 0 saturated heterocycles. The monoisotopic (exact) mass is 418 g/mol. The molecule has 0 N–H and O–H groups in total. The number of benzene rings is 2. The van der Waals surface area contributed by atoms with Gasteiger partial charge >= 0.3 is 5.97 Å². The van der Waals surface area contributed by atoms with Crippen LogP contribution in [-0.2, 0) is 16.1 Å². The largest absolute Gasteiger partial charge is 0.455 e. The molecular weight excluding hydrogens is 404 g/mol. The summed E-state index contributed by atoms with van der Waals surface area (Å²) >= 11 is 4.86. The molecular formula is C18H15BrN2O3S. The van der Waals surface area contributed by atoms with E-state index in [4.69, 9.17) is 9.15 Å². The Kier molecular flexibility index (Phi) is 5.88. The highest BCUT2D eigenvalue weighted by Gasteiger charge is 2.11. The molecule has 0 aliphatic rings. The SMILES string of the molecule is Cc1cc(Br)ccc1SCC(=O)OCc1nnc(-c2ccccc2)o1. The molecule has 7 heteroatoms. The van der Waals surface area contributed by atoms with Crippen LogP contribution in [0.25, 0.3) is 11.5 Å². The number of thioether (sulfide) groups is 1. The first kappa shape index (κ1) is 17.7. The molecule has 0 amide bonds. The minimum Gasteiger partial charge on any atom is -0.455 e. The molecule has 0 unspecified atom stereocenters. The number of aromatic nitrogens is 2. The summed E-state index contributed by atoms with van der Waals surface area (Å²) in [5.74, 6) is 0.581. The minimum atomic E-state index is -0.327. The van der Waals surface area contributed by atoms with Gasteiger partial charge in [-0.3, -0.25) is 4.79 Å². The van der Waals surface area contributed by atoms with Gasteiger partial charge in [0, 0.05) is 14.9 Å². The van der Waals surface area contributed by atoms with Gasteiger partial charge in [-0.1, -0.05) is 34.1 Å². The molecule has 0 aliphatic heterocycles. The Labute approximate surface area is 157 Å². The maximum atomic E-state index is 11.9. The summed E-state index contributed by atoms with van der Waals surface area (Å²) in [6, 6.07) is 15.4. The number of hydrogen-bond donors (Lipinski definition) is 0. The van der Waals surface area contributed by atoms with Crippen LogP contribution in [-0.4, -0.2) is 21.9 Å². The molecule has 5 nitrogen and oxygen atoms in total. The van der Waals surface area contributed by atoms with E-state index in [0.29, 0.717) is 5.89 Å². The summed E-state index contributed by atoms with van der Waals surface area (Å²) in [6.45, 7) is 1.97. The summed E-state index contributed by atoms with van der Waals surface area (Å²) in [7, 11) is 0. The molecule has 1 aromatic heterocycles. The molecule has 0 saturated carbocycles. The highest BCUT2D eigenvalue weighted by atomic mass is 79.9. The number of aryl methyl sites for hydroxylation is 1. The Hall–Kier alpha value is -2.12. The van der Waals surface area contributed by atoms with Gasteiger partial charge in [-0.15, -0.1) is 22.0 Å². The highest BCUT2D eigenvalue weighted by Crippen LogP contribution is 2.25. The van der Waals surface area contributed by atoms with E-state index in [9.17, 15) is 4.79 Å². The molecule has 2 aromatic carbocycles. The maximum absolute atomic E-state index is 11.9. The summed E-state index contributed by atoms with van der Waals surface area (Å²) in [5, 5.41) is 7.86. The van der Waals surface area contributed by atoms with E-state index in [1.54, 1.807) is 0 Å². The Bertz CT molecular complexity index is 868. The number of ether oxygens (including phenoxy) is 1. The molecule has 3 rings (SSSR count). The Balaban J connectivity index is 1.50. The van der Waals surface area contributed by atoms with Gasteiger partial charge in [0.2, 0.25) is 5.89 Å². The average Bonchev–Trinajstić information content (AvgIpc) is 3.09. The lowest BCUT2D eigenvalue weighted by Crippen LogP contribution is -2.07. The molecule has 0 aliphatic carbocycles. The minimum absolute atomic E-state index is 0.0292. The van der Waals surface area contributed by atoms with Crippen LogP contribution in [0.3, 0.4) is 0 Å². The Morgan fingerprint density at radius 1 is 1.20 bits per heavy atom. The predicted octanol–water partition coefficient (Wildman–Crippen LogP) is 4.64. The van der Waals surface area contributed by atoms with Crippen LogP contribution in [0.2, 0.25) is 0 Å². The molecule has 3 aromatic rings. The van der Waals surface area contributed by atoms with Crippen LogP contribution in [0.1, 0.15) is 11.5 Å². The van der Waals surface area contributed by atoms with Crippen LogP contribution >= 0.6 is 27.7 Å². The summed E-state index contributed by atoms with van der Waals surface area (Å²) in [4.78, 5) is 12.9. The van der Waals surface area contributed by atoms with Gasteiger partial charge in [-0.25, -0.2) is 0 Å². The van der Waals surface area contributed by atoms with Gasteiger partial charge in [-0.05, 0) is 42.8 Å². The third kappa shape index (κ3) is 4.93. The zero-order valence-electron chi connectivity index (χ0n) is 13.4. The van der Waals surface area contributed by atoms with E-state index in [0.717, 1.165) is 20.5 Å². The normalized spacial score (nSPS) is 10.6. The molecule has 0 atom stereocenters. The second kappa shape index (κ2) is 8.31. The zero-order valence-corrected chi connectivity index (χ0v) is 15.8.